The quantitative estimate of drug-likeness (QED) is 0.797. The normalized spacial score (nSPS) is 31.8. The average molecular weight is 280 g/mol. The van der Waals surface area contributed by atoms with E-state index in [0.717, 1.165) is 23.8 Å². The van der Waals surface area contributed by atoms with Gasteiger partial charge in [0.15, 0.2) is 0 Å². The van der Waals surface area contributed by atoms with Crippen LogP contribution >= 0.6 is 0 Å². The molecule has 3 atom stereocenters. The Balaban J connectivity index is 2.03. The first-order valence-corrected chi connectivity index (χ1v) is 8.87. The van der Waals surface area contributed by atoms with Gasteiger partial charge in [0.1, 0.15) is 0 Å². The Labute approximate surface area is 126 Å². The molecule has 2 fully saturated rings. The summed E-state index contributed by atoms with van der Waals surface area (Å²) >= 11 is 0. The minimum Gasteiger partial charge on any atom is -0.311 e. The maximum atomic E-state index is 3.82. The Bertz CT molecular complexity index is 307. The number of hydrogen-bond donors (Lipinski definition) is 1. The molecule has 1 N–H and O–H groups in total. The van der Waals surface area contributed by atoms with Crippen molar-refractivity contribution in [1.29, 1.82) is 0 Å². The van der Waals surface area contributed by atoms with E-state index in [1.165, 1.54) is 38.9 Å². The second-order valence-electron chi connectivity index (χ2n) is 8.16. The lowest BCUT2D eigenvalue weighted by molar-refractivity contribution is 0.0536. The Morgan fingerprint density at radius 1 is 1.15 bits per heavy atom. The summed E-state index contributed by atoms with van der Waals surface area (Å²) in [4.78, 5) is 2.84. The zero-order valence-corrected chi connectivity index (χ0v) is 14.6. The van der Waals surface area contributed by atoms with Crippen molar-refractivity contribution >= 4 is 0 Å². The third-order valence-corrected chi connectivity index (χ3v) is 6.22. The molecule has 1 saturated heterocycles. The first-order chi connectivity index (χ1) is 9.39. The number of rotatable bonds is 6. The molecule has 2 rings (SSSR count). The van der Waals surface area contributed by atoms with Crippen LogP contribution < -0.4 is 5.32 Å². The molecule has 1 aliphatic heterocycles. The van der Waals surface area contributed by atoms with E-state index in [1.807, 2.05) is 0 Å². The van der Waals surface area contributed by atoms with Crippen LogP contribution in [-0.2, 0) is 0 Å². The lowest BCUT2D eigenvalue weighted by Gasteiger charge is -2.46. The molecule has 2 nitrogen and oxygen atoms in total. The van der Waals surface area contributed by atoms with E-state index in [1.54, 1.807) is 0 Å². The summed E-state index contributed by atoms with van der Waals surface area (Å²) in [7, 11) is 0. The second kappa shape index (κ2) is 6.36. The van der Waals surface area contributed by atoms with Gasteiger partial charge in [0.2, 0.25) is 0 Å². The van der Waals surface area contributed by atoms with Crippen LogP contribution in [0.3, 0.4) is 0 Å². The molecule has 0 spiro atoms. The maximum absolute atomic E-state index is 3.82. The minimum atomic E-state index is 0.643. The van der Waals surface area contributed by atoms with Crippen LogP contribution in [0.1, 0.15) is 60.8 Å². The van der Waals surface area contributed by atoms with Crippen molar-refractivity contribution in [2.24, 2.45) is 23.2 Å². The summed E-state index contributed by atoms with van der Waals surface area (Å²) in [6, 6.07) is 1.42. The van der Waals surface area contributed by atoms with Gasteiger partial charge in [-0.05, 0) is 36.0 Å². The molecule has 2 heteroatoms. The van der Waals surface area contributed by atoms with Crippen LogP contribution in [-0.4, -0.2) is 36.6 Å². The van der Waals surface area contributed by atoms with Crippen molar-refractivity contribution in [2.45, 2.75) is 72.9 Å². The Hall–Kier alpha value is -0.0800. The highest BCUT2D eigenvalue weighted by atomic mass is 15.2. The third-order valence-electron chi connectivity index (χ3n) is 6.22. The van der Waals surface area contributed by atoms with E-state index in [4.69, 9.17) is 0 Å². The van der Waals surface area contributed by atoms with E-state index < -0.39 is 0 Å². The fourth-order valence-electron chi connectivity index (χ4n) is 3.84. The molecule has 1 aliphatic carbocycles. The van der Waals surface area contributed by atoms with Gasteiger partial charge in [0.05, 0.1) is 0 Å². The van der Waals surface area contributed by atoms with Crippen LogP contribution in [0.5, 0.6) is 0 Å². The highest BCUT2D eigenvalue weighted by Gasteiger charge is 2.48. The number of piperazine rings is 1. The zero-order valence-electron chi connectivity index (χ0n) is 14.6. The van der Waals surface area contributed by atoms with Gasteiger partial charge in [-0.15, -0.1) is 0 Å². The van der Waals surface area contributed by atoms with Crippen LogP contribution in [0.4, 0.5) is 0 Å². The van der Waals surface area contributed by atoms with E-state index >= 15 is 0 Å². The molecule has 0 amide bonds. The fourth-order valence-corrected chi connectivity index (χ4v) is 3.84. The average Bonchev–Trinajstić information content (AvgIpc) is 3.18. The maximum Gasteiger partial charge on any atom is 0.0244 e. The number of nitrogens with zero attached hydrogens (tertiary/aromatic N) is 1. The molecule has 1 heterocycles. The highest BCUT2D eigenvalue weighted by molar-refractivity contribution is 5.01. The first kappa shape index (κ1) is 16.3. The van der Waals surface area contributed by atoms with Crippen LogP contribution in [0, 0.1) is 23.2 Å². The first-order valence-electron chi connectivity index (χ1n) is 8.87. The van der Waals surface area contributed by atoms with Crippen molar-refractivity contribution in [2.75, 3.05) is 19.6 Å². The molecule has 0 aromatic rings. The molecular formula is C18H36N2. The van der Waals surface area contributed by atoms with Gasteiger partial charge in [-0.25, -0.2) is 0 Å². The van der Waals surface area contributed by atoms with Crippen LogP contribution in [0.15, 0.2) is 0 Å². The van der Waals surface area contributed by atoms with Crippen molar-refractivity contribution < 1.29 is 0 Å². The molecule has 0 aromatic heterocycles. The molecule has 0 radical (unpaired) electrons. The minimum absolute atomic E-state index is 0.643. The Morgan fingerprint density at radius 2 is 1.80 bits per heavy atom. The van der Waals surface area contributed by atoms with Crippen molar-refractivity contribution in [3.63, 3.8) is 0 Å². The lowest BCUT2D eigenvalue weighted by atomic mass is 9.87. The monoisotopic (exact) mass is 280 g/mol. The van der Waals surface area contributed by atoms with E-state index in [0.29, 0.717) is 11.5 Å². The number of nitrogens with one attached hydrogen (secondary N) is 1. The summed E-state index contributed by atoms with van der Waals surface area (Å²) in [5.74, 6) is 2.38. The standard InChI is InChI=1S/C18H36N2/c1-7-15(6)16-11-20(17(10-19-16)13(2)3)12-18(8-9-18)14(4)5/h13-17,19H,7-12H2,1-6H3. The summed E-state index contributed by atoms with van der Waals surface area (Å²) in [6.07, 6.45) is 4.19. The van der Waals surface area contributed by atoms with E-state index in [-0.39, 0.29) is 0 Å². The van der Waals surface area contributed by atoms with Crippen LogP contribution in [0.2, 0.25) is 0 Å². The molecule has 1 saturated carbocycles. The van der Waals surface area contributed by atoms with Crippen molar-refractivity contribution in [3.8, 4) is 0 Å². The molecule has 0 aromatic carbocycles. The molecule has 3 unspecified atom stereocenters. The molecule has 20 heavy (non-hydrogen) atoms. The zero-order chi connectivity index (χ0) is 14.9. The summed E-state index contributed by atoms with van der Waals surface area (Å²) in [5, 5.41) is 3.82. The van der Waals surface area contributed by atoms with Gasteiger partial charge in [0, 0.05) is 31.7 Å². The second-order valence-corrected chi connectivity index (χ2v) is 8.16. The van der Waals surface area contributed by atoms with Gasteiger partial charge in [0.25, 0.3) is 0 Å². The topological polar surface area (TPSA) is 15.3 Å². The predicted octanol–water partition coefficient (Wildman–Crippen LogP) is 3.77. The predicted molar refractivity (Wildman–Crippen MR) is 87.9 cm³/mol. The van der Waals surface area contributed by atoms with Crippen molar-refractivity contribution in [3.05, 3.63) is 0 Å². The molecule has 2 aliphatic rings. The summed E-state index contributed by atoms with van der Waals surface area (Å²) in [6.45, 7) is 18.1. The molecular weight excluding hydrogens is 244 g/mol. The highest BCUT2D eigenvalue weighted by Crippen LogP contribution is 2.52. The summed E-state index contributed by atoms with van der Waals surface area (Å²) in [5.41, 5.74) is 0.643. The molecule has 118 valence electrons. The largest absolute Gasteiger partial charge is 0.311 e. The van der Waals surface area contributed by atoms with E-state index in [2.05, 4.69) is 51.8 Å². The SMILES string of the molecule is CCC(C)C1CN(CC2(C(C)C)CC2)C(C(C)C)CN1. The van der Waals surface area contributed by atoms with Gasteiger partial charge < -0.3 is 5.32 Å². The Kier molecular flexibility index (Phi) is 5.18. The van der Waals surface area contributed by atoms with Gasteiger partial charge in [-0.1, -0.05) is 48.0 Å². The van der Waals surface area contributed by atoms with E-state index in [9.17, 15) is 0 Å². The third kappa shape index (κ3) is 3.39. The van der Waals surface area contributed by atoms with Gasteiger partial charge in [-0.3, -0.25) is 4.90 Å². The lowest BCUT2D eigenvalue weighted by Crippen LogP contribution is -2.61. The Morgan fingerprint density at radius 3 is 2.25 bits per heavy atom. The van der Waals surface area contributed by atoms with Gasteiger partial charge >= 0.3 is 0 Å². The number of hydrogen-bond acceptors (Lipinski definition) is 2. The van der Waals surface area contributed by atoms with Crippen molar-refractivity contribution in [1.82, 2.24) is 10.2 Å². The molecule has 0 bridgehead atoms. The smallest absolute Gasteiger partial charge is 0.0244 e. The fraction of sp³-hybridized carbons (Fsp3) is 1.00. The van der Waals surface area contributed by atoms with Gasteiger partial charge in [-0.2, -0.15) is 0 Å². The van der Waals surface area contributed by atoms with Crippen LogP contribution in [0.25, 0.3) is 0 Å². The summed E-state index contributed by atoms with van der Waals surface area (Å²) < 4.78 is 0.